The third-order valence-electron chi connectivity index (χ3n) is 2.46. The lowest BCUT2D eigenvalue weighted by Crippen LogP contribution is -2.28. The maximum Gasteiger partial charge on any atom is 0.306 e. The number of amides is 1. The Labute approximate surface area is 106 Å². The average molecular weight is 251 g/mol. The fourth-order valence-corrected chi connectivity index (χ4v) is 1.41. The zero-order valence-electron chi connectivity index (χ0n) is 10.3. The number of aliphatic hydroxyl groups is 1. The van der Waals surface area contributed by atoms with Crippen molar-refractivity contribution in [2.75, 3.05) is 13.7 Å². The maximum absolute atomic E-state index is 11.4. The van der Waals surface area contributed by atoms with Crippen LogP contribution >= 0.6 is 0 Å². The van der Waals surface area contributed by atoms with Crippen LogP contribution in [0.2, 0.25) is 0 Å². The summed E-state index contributed by atoms with van der Waals surface area (Å²) in [7, 11) is 1.28. The van der Waals surface area contributed by atoms with Gasteiger partial charge in [0.1, 0.15) is 0 Å². The number of nitrogens with one attached hydrogen (secondary N) is 1. The van der Waals surface area contributed by atoms with Crippen molar-refractivity contribution < 1.29 is 19.4 Å². The first-order valence-corrected chi connectivity index (χ1v) is 5.70. The summed E-state index contributed by atoms with van der Waals surface area (Å²) < 4.78 is 4.43. The van der Waals surface area contributed by atoms with Crippen LogP contribution in [0.15, 0.2) is 30.3 Å². The highest BCUT2D eigenvalue weighted by Crippen LogP contribution is 2.10. The maximum atomic E-state index is 11.4. The van der Waals surface area contributed by atoms with Gasteiger partial charge in [0.25, 0.3) is 0 Å². The number of ether oxygens (including phenoxy) is 1. The third kappa shape index (κ3) is 4.97. The van der Waals surface area contributed by atoms with Gasteiger partial charge in [-0.1, -0.05) is 30.3 Å². The molecule has 1 aromatic carbocycles. The Kier molecular flexibility index (Phi) is 5.87. The van der Waals surface area contributed by atoms with Crippen molar-refractivity contribution in [2.24, 2.45) is 0 Å². The molecule has 0 aliphatic rings. The Morgan fingerprint density at radius 2 is 1.94 bits per heavy atom. The van der Waals surface area contributed by atoms with Crippen molar-refractivity contribution in [3.63, 3.8) is 0 Å². The Bertz CT molecular complexity index is 391. The second-order valence-electron chi connectivity index (χ2n) is 3.81. The fraction of sp³-hybridized carbons (Fsp3) is 0.385. The van der Waals surface area contributed by atoms with E-state index in [-0.39, 0.29) is 25.3 Å². The molecule has 0 aliphatic carbocycles. The first kappa shape index (κ1) is 14.2. The van der Waals surface area contributed by atoms with E-state index in [9.17, 15) is 14.7 Å². The number of carbonyl (C=O) groups is 2. The molecule has 98 valence electrons. The van der Waals surface area contributed by atoms with Gasteiger partial charge in [-0.3, -0.25) is 9.59 Å². The minimum absolute atomic E-state index is 0.0454. The Morgan fingerprint density at radius 3 is 2.56 bits per heavy atom. The van der Waals surface area contributed by atoms with Gasteiger partial charge < -0.3 is 15.2 Å². The first-order chi connectivity index (χ1) is 8.63. The van der Waals surface area contributed by atoms with Crippen LogP contribution in [-0.2, 0) is 14.3 Å². The zero-order chi connectivity index (χ0) is 13.4. The summed E-state index contributed by atoms with van der Waals surface area (Å²) in [6.45, 7) is 0.129. The molecule has 18 heavy (non-hydrogen) atoms. The number of hydrogen-bond acceptors (Lipinski definition) is 4. The Balaban J connectivity index is 2.28. The largest absolute Gasteiger partial charge is 0.469 e. The van der Waals surface area contributed by atoms with Crippen LogP contribution in [0.5, 0.6) is 0 Å². The van der Waals surface area contributed by atoms with Gasteiger partial charge in [0.2, 0.25) is 5.91 Å². The Morgan fingerprint density at radius 1 is 1.28 bits per heavy atom. The summed E-state index contributed by atoms with van der Waals surface area (Å²) in [5.41, 5.74) is 0.741. The van der Waals surface area contributed by atoms with Crippen molar-refractivity contribution in [2.45, 2.75) is 18.9 Å². The van der Waals surface area contributed by atoms with Crippen LogP contribution in [0.4, 0.5) is 0 Å². The average Bonchev–Trinajstić information content (AvgIpc) is 2.42. The van der Waals surface area contributed by atoms with E-state index in [1.54, 1.807) is 12.1 Å². The minimum Gasteiger partial charge on any atom is -0.469 e. The molecule has 1 rings (SSSR count). The normalized spacial score (nSPS) is 11.7. The van der Waals surface area contributed by atoms with Crippen molar-refractivity contribution in [1.29, 1.82) is 0 Å². The van der Waals surface area contributed by atoms with Gasteiger partial charge in [0, 0.05) is 13.0 Å². The quantitative estimate of drug-likeness (QED) is 0.733. The van der Waals surface area contributed by atoms with E-state index < -0.39 is 12.1 Å². The van der Waals surface area contributed by atoms with E-state index in [1.807, 2.05) is 18.2 Å². The molecule has 1 unspecified atom stereocenters. The number of aliphatic hydroxyl groups excluding tert-OH is 1. The van der Waals surface area contributed by atoms with Gasteiger partial charge in [0.15, 0.2) is 0 Å². The minimum atomic E-state index is -0.742. The lowest BCUT2D eigenvalue weighted by Gasteiger charge is -2.11. The molecule has 0 heterocycles. The molecule has 0 fully saturated rings. The molecule has 1 aromatic rings. The summed E-state index contributed by atoms with van der Waals surface area (Å²) in [6.07, 6.45) is -0.633. The molecule has 0 aromatic heterocycles. The van der Waals surface area contributed by atoms with Crippen molar-refractivity contribution in [3.8, 4) is 0 Å². The highest BCUT2D eigenvalue weighted by Gasteiger charge is 2.10. The molecule has 0 spiro atoms. The molecule has 0 radical (unpaired) electrons. The monoisotopic (exact) mass is 251 g/mol. The highest BCUT2D eigenvalue weighted by atomic mass is 16.5. The van der Waals surface area contributed by atoms with Gasteiger partial charge in [0.05, 0.1) is 19.6 Å². The fourth-order valence-electron chi connectivity index (χ4n) is 1.41. The Hall–Kier alpha value is -1.88. The van der Waals surface area contributed by atoms with Crippen LogP contribution in [-0.4, -0.2) is 30.6 Å². The predicted octanol–water partition coefficient (Wildman–Crippen LogP) is 0.789. The van der Waals surface area contributed by atoms with E-state index in [4.69, 9.17) is 0 Å². The summed E-state index contributed by atoms with van der Waals surface area (Å²) in [6, 6.07) is 9.05. The van der Waals surface area contributed by atoms with Gasteiger partial charge in [-0.2, -0.15) is 0 Å². The number of hydrogen-bond donors (Lipinski definition) is 2. The summed E-state index contributed by atoms with van der Waals surface area (Å²) in [4.78, 5) is 22.2. The molecule has 0 bridgehead atoms. The van der Waals surface area contributed by atoms with E-state index in [0.29, 0.717) is 0 Å². The first-order valence-electron chi connectivity index (χ1n) is 5.70. The number of esters is 1. The molecular weight excluding hydrogens is 234 g/mol. The molecule has 0 saturated heterocycles. The van der Waals surface area contributed by atoms with Crippen molar-refractivity contribution >= 4 is 11.9 Å². The molecule has 1 amide bonds. The van der Waals surface area contributed by atoms with Crippen LogP contribution in [0.3, 0.4) is 0 Å². The number of rotatable bonds is 6. The summed E-state index contributed by atoms with van der Waals surface area (Å²) in [5.74, 6) is -0.705. The molecule has 2 N–H and O–H groups in total. The highest BCUT2D eigenvalue weighted by molar-refractivity contribution is 5.81. The molecule has 0 aliphatic heterocycles. The van der Waals surface area contributed by atoms with E-state index >= 15 is 0 Å². The number of benzene rings is 1. The van der Waals surface area contributed by atoms with Crippen LogP contribution in [0, 0.1) is 0 Å². The smallest absolute Gasteiger partial charge is 0.306 e. The van der Waals surface area contributed by atoms with Crippen LogP contribution in [0.25, 0.3) is 0 Å². The van der Waals surface area contributed by atoms with Crippen molar-refractivity contribution in [3.05, 3.63) is 35.9 Å². The summed E-state index contributed by atoms with van der Waals surface area (Å²) >= 11 is 0. The van der Waals surface area contributed by atoms with Gasteiger partial charge >= 0.3 is 5.97 Å². The van der Waals surface area contributed by atoms with E-state index in [2.05, 4.69) is 10.1 Å². The summed E-state index contributed by atoms with van der Waals surface area (Å²) in [5, 5.41) is 12.4. The van der Waals surface area contributed by atoms with Crippen LogP contribution < -0.4 is 5.32 Å². The zero-order valence-corrected chi connectivity index (χ0v) is 10.3. The van der Waals surface area contributed by atoms with Crippen molar-refractivity contribution in [1.82, 2.24) is 5.32 Å². The SMILES string of the molecule is COC(=O)CCC(=O)NCC(O)c1ccccc1. The van der Waals surface area contributed by atoms with Gasteiger partial charge in [-0.25, -0.2) is 0 Å². The third-order valence-corrected chi connectivity index (χ3v) is 2.46. The lowest BCUT2D eigenvalue weighted by atomic mass is 10.1. The van der Waals surface area contributed by atoms with Gasteiger partial charge in [-0.05, 0) is 5.56 Å². The van der Waals surface area contributed by atoms with Gasteiger partial charge in [-0.15, -0.1) is 0 Å². The molecule has 5 nitrogen and oxygen atoms in total. The second-order valence-corrected chi connectivity index (χ2v) is 3.81. The van der Waals surface area contributed by atoms with Crippen LogP contribution in [0.1, 0.15) is 24.5 Å². The molecule has 1 atom stereocenters. The standard InChI is InChI=1S/C13H17NO4/c1-18-13(17)8-7-12(16)14-9-11(15)10-5-3-2-4-6-10/h2-6,11,15H,7-9H2,1H3,(H,14,16). The predicted molar refractivity (Wildman–Crippen MR) is 65.7 cm³/mol. The molecular formula is C13H17NO4. The lowest BCUT2D eigenvalue weighted by molar-refractivity contribution is -0.142. The van der Waals surface area contributed by atoms with E-state index in [0.717, 1.165) is 5.56 Å². The molecule has 5 heteroatoms. The topological polar surface area (TPSA) is 75.6 Å². The number of carbonyl (C=O) groups excluding carboxylic acids is 2. The molecule has 0 saturated carbocycles. The van der Waals surface area contributed by atoms with E-state index in [1.165, 1.54) is 7.11 Å². The number of methoxy groups -OCH3 is 1. The second kappa shape index (κ2) is 7.45.